The van der Waals surface area contributed by atoms with E-state index in [1.165, 1.54) is 14.2 Å². The molecule has 1 aliphatic rings. The molecule has 7 heteroatoms. The molecule has 2 aromatic carbocycles. The maximum Gasteiger partial charge on any atom is 0.255 e. The number of methoxy groups -OCH3 is 2. The van der Waals surface area contributed by atoms with Crippen LogP contribution in [0.5, 0.6) is 17.2 Å². The quantitative estimate of drug-likeness (QED) is 0.892. The van der Waals surface area contributed by atoms with E-state index in [-0.39, 0.29) is 11.8 Å². The molecule has 25 heavy (non-hydrogen) atoms. The van der Waals surface area contributed by atoms with Gasteiger partial charge < -0.3 is 24.8 Å². The molecule has 0 saturated heterocycles. The zero-order chi connectivity index (χ0) is 17.8. The van der Waals surface area contributed by atoms with E-state index in [9.17, 15) is 9.59 Å². The number of carbonyl (C=O) groups is 2. The van der Waals surface area contributed by atoms with Gasteiger partial charge in [-0.05, 0) is 30.3 Å². The fraction of sp³-hybridized carbons (Fsp3) is 0.222. The monoisotopic (exact) mass is 342 g/mol. The van der Waals surface area contributed by atoms with E-state index in [0.717, 1.165) is 0 Å². The number of anilines is 2. The van der Waals surface area contributed by atoms with Crippen molar-refractivity contribution < 1.29 is 23.8 Å². The minimum Gasteiger partial charge on any atom is -0.497 e. The van der Waals surface area contributed by atoms with Gasteiger partial charge in [0.2, 0.25) is 5.91 Å². The van der Waals surface area contributed by atoms with Crippen LogP contribution in [0.1, 0.15) is 16.8 Å². The summed E-state index contributed by atoms with van der Waals surface area (Å²) in [7, 11) is 3.04. The van der Waals surface area contributed by atoms with Crippen molar-refractivity contribution in [2.24, 2.45) is 0 Å². The average Bonchev–Trinajstić information content (AvgIpc) is 2.81. The highest BCUT2D eigenvalue weighted by molar-refractivity contribution is 6.05. The van der Waals surface area contributed by atoms with E-state index in [2.05, 4.69) is 10.6 Å². The summed E-state index contributed by atoms with van der Waals surface area (Å²) in [5.41, 5.74) is 1.46. The minimum atomic E-state index is -0.321. The number of hydrogen-bond acceptors (Lipinski definition) is 5. The van der Waals surface area contributed by atoms with Gasteiger partial charge in [0.1, 0.15) is 17.2 Å². The number of benzene rings is 2. The lowest BCUT2D eigenvalue weighted by molar-refractivity contribution is -0.116. The summed E-state index contributed by atoms with van der Waals surface area (Å²) in [6.07, 6.45) is 0.292. The van der Waals surface area contributed by atoms with Crippen LogP contribution in [-0.4, -0.2) is 32.6 Å². The molecule has 0 radical (unpaired) electrons. The number of ether oxygens (including phenoxy) is 3. The van der Waals surface area contributed by atoms with Gasteiger partial charge in [-0.15, -0.1) is 0 Å². The smallest absolute Gasteiger partial charge is 0.255 e. The molecule has 0 atom stereocenters. The first kappa shape index (κ1) is 16.6. The Balaban J connectivity index is 1.83. The van der Waals surface area contributed by atoms with Gasteiger partial charge in [0.25, 0.3) is 5.91 Å². The fourth-order valence-corrected chi connectivity index (χ4v) is 2.44. The highest BCUT2D eigenvalue weighted by Crippen LogP contribution is 2.30. The van der Waals surface area contributed by atoms with Crippen molar-refractivity contribution in [3.8, 4) is 17.2 Å². The Hall–Kier alpha value is -3.22. The lowest BCUT2D eigenvalue weighted by Gasteiger charge is -2.12. The first-order chi connectivity index (χ1) is 12.1. The molecule has 0 aliphatic carbocycles. The second-order valence-corrected chi connectivity index (χ2v) is 5.41. The Morgan fingerprint density at radius 2 is 1.84 bits per heavy atom. The summed E-state index contributed by atoms with van der Waals surface area (Å²) >= 11 is 0. The maximum absolute atomic E-state index is 12.5. The van der Waals surface area contributed by atoms with Crippen LogP contribution in [0.2, 0.25) is 0 Å². The summed E-state index contributed by atoms with van der Waals surface area (Å²) < 4.78 is 15.8. The molecule has 0 aromatic heterocycles. The summed E-state index contributed by atoms with van der Waals surface area (Å²) in [4.78, 5) is 24.1. The fourth-order valence-electron chi connectivity index (χ4n) is 2.44. The van der Waals surface area contributed by atoms with Crippen LogP contribution in [0.3, 0.4) is 0 Å². The lowest BCUT2D eigenvalue weighted by atomic mass is 10.1. The van der Waals surface area contributed by atoms with E-state index in [1.807, 2.05) is 0 Å². The van der Waals surface area contributed by atoms with Gasteiger partial charge >= 0.3 is 0 Å². The van der Waals surface area contributed by atoms with E-state index in [1.54, 1.807) is 36.4 Å². The van der Waals surface area contributed by atoms with Crippen LogP contribution in [-0.2, 0) is 4.79 Å². The number of fused-ring (bicyclic) bond motifs is 1. The SMILES string of the molecule is COc1cc(OC)cc(C(=O)Nc2ccc3c(c2)NC(=O)CCO3)c1. The molecule has 0 bridgehead atoms. The van der Waals surface area contributed by atoms with E-state index in [0.29, 0.717) is 47.2 Å². The number of amides is 2. The van der Waals surface area contributed by atoms with Gasteiger partial charge in [0, 0.05) is 17.3 Å². The molecule has 7 nitrogen and oxygen atoms in total. The summed E-state index contributed by atoms with van der Waals surface area (Å²) in [5.74, 6) is 1.17. The predicted octanol–water partition coefficient (Wildman–Crippen LogP) is 2.68. The molecular formula is C18H18N2O5. The lowest BCUT2D eigenvalue weighted by Crippen LogP contribution is -2.13. The summed E-state index contributed by atoms with van der Waals surface area (Å²) in [6.45, 7) is 0.328. The van der Waals surface area contributed by atoms with Crippen molar-refractivity contribution in [1.82, 2.24) is 0 Å². The highest BCUT2D eigenvalue weighted by Gasteiger charge is 2.16. The van der Waals surface area contributed by atoms with Gasteiger partial charge in [0.05, 0.1) is 32.9 Å². The van der Waals surface area contributed by atoms with Gasteiger partial charge in [-0.3, -0.25) is 9.59 Å². The molecule has 2 N–H and O–H groups in total. The zero-order valence-corrected chi connectivity index (χ0v) is 13.9. The topological polar surface area (TPSA) is 85.9 Å². The third-order valence-corrected chi connectivity index (χ3v) is 3.71. The highest BCUT2D eigenvalue weighted by atomic mass is 16.5. The zero-order valence-electron chi connectivity index (χ0n) is 13.9. The average molecular weight is 342 g/mol. The van der Waals surface area contributed by atoms with Gasteiger partial charge in [-0.1, -0.05) is 0 Å². The van der Waals surface area contributed by atoms with Crippen molar-refractivity contribution in [1.29, 1.82) is 0 Å². The van der Waals surface area contributed by atoms with E-state index >= 15 is 0 Å². The summed E-state index contributed by atoms with van der Waals surface area (Å²) in [6, 6.07) is 10.0. The van der Waals surface area contributed by atoms with Gasteiger partial charge in [-0.2, -0.15) is 0 Å². The molecule has 1 aliphatic heterocycles. The Labute approximate surface area is 144 Å². The molecular weight excluding hydrogens is 324 g/mol. The van der Waals surface area contributed by atoms with Crippen molar-refractivity contribution >= 4 is 23.2 Å². The maximum atomic E-state index is 12.5. The Bertz CT molecular complexity index is 797. The molecule has 0 saturated carbocycles. The third-order valence-electron chi connectivity index (χ3n) is 3.71. The standard InChI is InChI=1S/C18H18N2O5/c1-23-13-7-11(8-14(10-13)24-2)18(22)19-12-3-4-16-15(9-12)20-17(21)5-6-25-16/h3-4,7-10H,5-6H2,1-2H3,(H,19,22)(H,20,21). The predicted molar refractivity (Wildman–Crippen MR) is 92.7 cm³/mol. The molecule has 3 rings (SSSR count). The molecule has 1 heterocycles. The van der Waals surface area contributed by atoms with Gasteiger partial charge in [-0.25, -0.2) is 0 Å². The number of hydrogen-bond donors (Lipinski definition) is 2. The van der Waals surface area contributed by atoms with Crippen LogP contribution < -0.4 is 24.8 Å². The molecule has 0 fully saturated rings. The normalized spacial score (nSPS) is 13.0. The molecule has 0 spiro atoms. The van der Waals surface area contributed by atoms with Crippen LogP contribution in [0.25, 0.3) is 0 Å². The molecule has 2 aromatic rings. The Morgan fingerprint density at radius 3 is 2.52 bits per heavy atom. The minimum absolute atomic E-state index is 0.125. The van der Waals surface area contributed by atoms with E-state index in [4.69, 9.17) is 14.2 Å². The van der Waals surface area contributed by atoms with Gasteiger partial charge in [0.15, 0.2) is 0 Å². The Kier molecular flexibility index (Phi) is 4.74. The number of carbonyl (C=O) groups excluding carboxylic acids is 2. The van der Waals surface area contributed by atoms with Crippen LogP contribution >= 0.6 is 0 Å². The largest absolute Gasteiger partial charge is 0.497 e. The van der Waals surface area contributed by atoms with Crippen LogP contribution in [0.15, 0.2) is 36.4 Å². The second kappa shape index (κ2) is 7.12. The van der Waals surface area contributed by atoms with Crippen molar-refractivity contribution in [3.63, 3.8) is 0 Å². The van der Waals surface area contributed by atoms with Crippen LogP contribution in [0.4, 0.5) is 11.4 Å². The first-order valence-corrected chi connectivity index (χ1v) is 7.70. The third kappa shape index (κ3) is 3.82. The number of rotatable bonds is 4. The van der Waals surface area contributed by atoms with E-state index < -0.39 is 0 Å². The first-order valence-electron chi connectivity index (χ1n) is 7.70. The molecule has 130 valence electrons. The number of nitrogens with one attached hydrogen (secondary N) is 2. The molecule has 0 unspecified atom stereocenters. The molecule has 2 amide bonds. The summed E-state index contributed by atoms with van der Waals surface area (Å²) in [5, 5.41) is 5.55. The van der Waals surface area contributed by atoms with Crippen LogP contribution in [0, 0.1) is 0 Å². The van der Waals surface area contributed by atoms with Crippen molar-refractivity contribution in [2.75, 3.05) is 31.5 Å². The van der Waals surface area contributed by atoms with Crippen molar-refractivity contribution in [2.45, 2.75) is 6.42 Å². The second-order valence-electron chi connectivity index (χ2n) is 5.41. The Morgan fingerprint density at radius 1 is 1.12 bits per heavy atom. The van der Waals surface area contributed by atoms with Crippen molar-refractivity contribution in [3.05, 3.63) is 42.0 Å².